The zero-order valence-electron chi connectivity index (χ0n) is 11.2. The van der Waals surface area contributed by atoms with Gasteiger partial charge in [-0.1, -0.05) is 17.7 Å². The van der Waals surface area contributed by atoms with Gasteiger partial charge in [-0.05, 0) is 24.1 Å². The van der Waals surface area contributed by atoms with E-state index < -0.39 is 17.3 Å². The molecule has 1 amide bonds. The zero-order chi connectivity index (χ0) is 15.5. The van der Waals surface area contributed by atoms with Crippen molar-refractivity contribution in [1.82, 2.24) is 5.32 Å². The van der Waals surface area contributed by atoms with E-state index in [2.05, 4.69) is 5.32 Å². The summed E-state index contributed by atoms with van der Waals surface area (Å²) >= 11 is 5.87. The Balaban J connectivity index is 2.04. The number of rotatable bonds is 5. The third kappa shape index (κ3) is 4.15. The van der Waals surface area contributed by atoms with Crippen LogP contribution in [0.1, 0.15) is 18.4 Å². The van der Waals surface area contributed by atoms with Crippen LogP contribution in [0.4, 0.5) is 4.39 Å². The second-order valence-electron chi connectivity index (χ2n) is 5.11. The molecule has 1 atom stereocenters. The van der Waals surface area contributed by atoms with E-state index in [4.69, 9.17) is 21.4 Å². The van der Waals surface area contributed by atoms with E-state index in [-0.39, 0.29) is 30.4 Å². The van der Waals surface area contributed by atoms with E-state index >= 15 is 0 Å². The molecule has 1 saturated heterocycles. The van der Waals surface area contributed by atoms with Gasteiger partial charge in [-0.3, -0.25) is 9.59 Å². The van der Waals surface area contributed by atoms with E-state index in [9.17, 15) is 14.0 Å². The van der Waals surface area contributed by atoms with Crippen molar-refractivity contribution in [3.8, 4) is 0 Å². The van der Waals surface area contributed by atoms with Gasteiger partial charge in [0, 0.05) is 11.6 Å². The number of hydrogen-bond donors (Lipinski definition) is 2. The number of aliphatic carboxylic acids is 1. The predicted molar refractivity (Wildman–Crippen MR) is 73.7 cm³/mol. The Morgan fingerprint density at radius 1 is 1.48 bits per heavy atom. The fourth-order valence-corrected chi connectivity index (χ4v) is 2.59. The average molecular weight is 316 g/mol. The standard InChI is InChI=1S/C14H15ClFNO4/c15-11-6-10(16)2-1-9(11)5-12(18)17-14(7-13(19)20)3-4-21-8-14/h1-2,6H,3-5,7-8H2,(H,17,18)(H,19,20). The molecule has 0 aliphatic carbocycles. The van der Waals surface area contributed by atoms with E-state index in [0.29, 0.717) is 18.6 Å². The number of hydrogen-bond acceptors (Lipinski definition) is 3. The highest BCUT2D eigenvalue weighted by atomic mass is 35.5. The van der Waals surface area contributed by atoms with Crippen molar-refractivity contribution >= 4 is 23.5 Å². The van der Waals surface area contributed by atoms with Crippen molar-refractivity contribution in [3.05, 3.63) is 34.6 Å². The molecule has 0 spiro atoms. The van der Waals surface area contributed by atoms with Crippen LogP contribution in [-0.4, -0.2) is 35.7 Å². The van der Waals surface area contributed by atoms with E-state index in [0.717, 1.165) is 6.07 Å². The average Bonchev–Trinajstić information content (AvgIpc) is 2.80. The molecular weight excluding hydrogens is 301 g/mol. The molecule has 7 heteroatoms. The molecule has 1 aromatic rings. The van der Waals surface area contributed by atoms with Gasteiger partial charge in [0.2, 0.25) is 5.91 Å². The van der Waals surface area contributed by atoms with Crippen molar-refractivity contribution < 1.29 is 23.8 Å². The number of halogens is 2. The minimum absolute atomic E-state index is 0.0412. The van der Waals surface area contributed by atoms with Gasteiger partial charge in [-0.2, -0.15) is 0 Å². The first-order chi connectivity index (χ1) is 9.90. The summed E-state index contributed by atoms with van der Waals surface area (Å²) in [5.74, 6) is -1.84. The lowest BCUT2D eigenvalue weighted by molar-refractivity contribution is -0.139. The van der Waals surface area contributed by atoms with Crippen molar-refractivity contribution in [2.24, 2.45) is 0 Å². The van der Waals surface area contributed by atoms with Crippen molar-refractivity contribution in [2.45, 2.75) is 24.8 Å². The van der Waals surface area contributed by atoms with Crippen LogP contribution >= 0.6 is 11.6 Å². The molecule has 0 radical (unpaired) electrons. The molecule has 2 N–H and O–H groups in total. The normalized spacial score (nSPS) is 21.2. The van der Waals surface area contributed by atoms with Crippen LogP contribution in [0.15, 0.2) is 18.2 Å². The maximum atomic E-state index is 13.0. The summed E-state index contributed by atoms with van der Waals surface area (Å²) in [6.45, 7) is 0.576. The number of ether oxygens (including phenoxy) is 1. The first-order valence-electron chi connectivity index (χ1n) is 6.45. The van der Waals surface area contributed by atoms with Crippen LogP contribution in [0.25, 0.3) is 0 Å². The maximum absolute atomic E-state index is 13.0. The van der Waals surface area contributed by atoms with Crippen LogP contribution in [-0.2, 0) is 20.7 Å². The Labute approximate surface area is 126 Å². The van der Waals surface area contributed by atoms with Crippen LogP contribution < -0.4 is 5.32 Å². The molecule has 1 fully saturated rings. The smallest absolute Gasteiger partial charge is 0.305 e. The highest BCUT2D eigenvalue weighted by Gasteiger charge is 2.38. The fraction of sp³-hybridized carbons (Fsp3) is 0.429. The topological polar surface area (TPSA) is 75.6 Å². The quantitative estimate of drug-likeness (QED) is 0.868. The maximum Gasteiger partial charge on any atom is 0.305 e. The Morgan fingerprint density at radius 2 is 2.24 bits per heavy atom. The van der Waals surface area contributed by atoms with Crippen molar-refractivity contribution in [2.75, 3.05) is 13.2 Å². The first kappa shape index (κ1) is 15.7. The minimum atomic E-state index is -0.999. The molecule has 1 aliphatic rings. The van der Waals surface area contributed by atoms with Crippen molar-refractivity contribution in [1.29, 1.82) is 0 Å². The number of amides is 1. The van der Waals surface area contributed by atoms with Gasteiger partial charge in [-0.25, -0.2) is 4.39 Å². The molecule has 1 aromatic carbocycles. The molecule has 1 aliphatic heterocycles. The van der Waals surface area contributed by atoms with Crippen LogP contribution in [0.2, 0.25) is 5.02 Å². The third-order valence-corrected chi connectivity index (χ3v) is 3.72. The number of benzene rings is 1. The molecular formula is C14H15ClFNO4. The molecule has 114 valence electrons. The van der Waals surface area contributed by atoms with Gasteiger partial charge < -0.3 is 15.2 Å². The lowest BCUT2D eigenvalue weighted by Gasteiger charge is -2.27. The largest absolute Gasteiger partial charge is 0.481 e. The summed E-state index contributed by atoms with van der Waals surface area (Å²) < 4.78 is 18.1. The molecule has 5 nitrogen and oxygen atoms in total. The first-order valence-corrected chi connectivity index (χ1v) is 6.82. The van der Waals surface area contributed by atoms with Crippen LogP contribution in [0.5, 0.6) is 0 Å². The predicted octanol–water partition coefficient (Wildman–Crippen LogP) is 1.77. The van der Waals surface area contributed by atoms with Crippen molar-refractivity contribution in [3.63, 3.8) is 0 Å². The molecule has 2 rings (SSSR count). The molecule has 1 unspecified atom stereocenters. The minimum Gasteiger partial charge on any atom is -0.481 e. The van der Waals surface area contributed by atoms with Gasteiger partial charge in [0.15, 0.2) is 0 Å². The number of carbonyl (C=O) groups excluding carboxylic acids is 1. The summed E-state index contributed by atoms with van der Waals surface area (Å²) in [5.41, 5.74) is -0.393. The summed E-state index contributed by atoms with van der Waals surface area (Å²) in [6, 6.07) is 3.79. The van der Waals surface area contributed by atoms with Crippen LogP contribution in [0.3, 0.4) is 0 Å². The molecule has 0 bridgehead atoms. The second-order valence-corrected chi connectivity index (χ2v) is 5.52. The van der Waals surface area contributed by atoms with Crippen LogP contribution in [0, 0.1) is 5.82 Å². The van der Waals surface area contributed by atoms with Gasteiger partial charge >= 0.3 is 5.97 Å². The number of carboxylic acid groups (broad SMARTS) is 1. The summed E-state index contributed by atoms with van der Waals surface area (Å²) in [5, 5.41) is 11.8. The highest BCUT2D eigenvalue weighted by molar-refractivity contribution is 6.31. The van der Waals surface area contributed by atoms with E-state index in [1.54, 1.807) is 0 Å². The summed E-state index contributed by atoms with van der Waals surface area (Å²) in [6.07, 6.45) is 0.207. The van der Waals surface area contributed by atoms with Gasteiger partial charge in [0.05, 0.1) is 25.0 Å². The lowest BCUT2D eigenvalue weighted by atomic mass is 9.94. The number of carbonyl (C=O) groups is 2. The van der Waals surface area contributed by atoms with Gasteiger partial charge in [0.25, 0.3) is 0 Å². The summed E-state index contributed by atoms with van der Waals surface area (Å²) in [4.78, 5) is 23.0. The Bertz CT molecular complexity index is 558. The van der Waals surface area contributed by atoms with E-state index in [1.165, 1.54) is 12.1 Å². The Kier molecular flexibility index (Phi) is 4.80. The summed E-state index contributed by atoms with van der Waals surface area (Å²) in [7, 11) is 0. The van der Waals surface area contributed by atoms with Gasteiger partial charge in [0.1, 0.15) is 5.82 Å². The second kappa shape index (κ2) is 6.41. The highest BCUT2D eigenvalue weighted by Crippen LogP contribution is 2.24. The van der Waals surface area contributed by atoms with E-state index in [1.807, 2.05) is 0 Å². The third-order valence-electron chi connectivity index (χ3n) is 3.36. The fourth-order valence-electron chi connectivity index (χ4n) is 2.36. The molecule has 1 heterocycles. The SMILES string of the molecule is O=C(O)CC1(NC(=O)Cc2ccc(F)cc2Cl)CCOC1. The number of carboxylic acids is 1. The lowest BCUT2D eigenvalue weighted by Crippen LogP contribution is -2.51. The zero-order valence-corrected chi connectivity index (χ0v) is 12.0. The monoisotopic (exact) mass is 315 g/mol. The molecule has 21 heavy (non-hydrogen) atoms. The van der Waals surface area contributed by atoms with Gasteiger partial charge in [-0.15, -0.1) is 0 Å². The Morgan fingerprint density at radius 3 is 2.81 bits per heavy atom. The molecule has 0 aromatic heterocycles. The number of nitrogens with one attached hydrogen (secondary N) is 1. The Hall–Kier alpha value is -1.66. The molecule has 0 saturated carbocycles.